The fourth-order valence-corrected chi connectivity index (χ4v) is 2.57. The Kier molecular flexibility index (Phi) is 4.42. The van der Waals surface area contributed by atoms with Gasteiger partial charge in [-0.1, -0.05) is 12.1 Å². The largest absolute Gasteiger partial charge is 0.497 e. The number of hydrogen-bond acceptors (Lipinski definition) is 5. The molecule has 3 rings (SSSR count). The van der Waals surface area contributed by atoms with Gasteiger partial charge in [-0.3, -0.25) is 4.79 Å². The van der Waals surface area contributed by atoms with Crippen molar-refractivity contribution in [3.8, 4) is 17.2 Å². The molecule has 0 saturated carbocycles. The van der Waals surface area contributed by atoms with Crippen LogP contribution in [-0.2, 0) is 11.3 Å². The molecule has 0 bridgehead atoms. The van der Waals surface area contributed by atoms with E-state index in [1.807, 2.05) is 47.4 Å². The molecule has 5 nitrogen and oxygen atoms in total. The Hall–Kier alpha value is -2.95. The van der Waals surface area contributed by atoms with Crippen LogP contribution in [0.1, 0.15) is 12.5 Å². The average molecular weight is 325 g/mol. The second-order valence-electron chi connectivity index (χ2n) is 5.46. The van der Waals surface area contributed by atoms with E-state index in [-0.39, 0.29) is 5.78 Å². The molecule has 0 amide bonds. The number of benzene rings is 2. The van der Waals surface area contributed by atoms with Crippen LogP contribution in [0.5, 0.6) is 17.2 Å². The van der Waals surface area contributed by atoms with Crippen LogP contribution >= 0.6 is 0 Å². The van der Waals surface area contributed by atoms with Gasteiger partial charge in [0.1, 0.15) is 11.5 Å². The van der Waals surface area contributed by atoms with Gasteiger partial charge in [0.2, 0.25) is 5.88 Å². The summed E-state index contributed by atoms with van der Waals surface area (Å²) >= 11 is 0. The third-order valence-corrected chi connectivity index (χ3v) is 3.76. The summed E-state index contributed by atoms with van der Waals surface area (Å²) in [6.07, 6.45) is 1.50. The zero-order chi connectivity index (χ0) is 17.1. The van der Waals surface area contributed by atoms with Crippen molar-refractivity contribution in [3.63, 3.8) is 0 Å². The molecule has 0 spiro atoms. The zero-order valence-electron chi connectivity index (χ0n) is 13.9. The summed E-state index contributed by atoms with van der Waals surface area (Å²) in [6.45, 7) is 2.08. The Bertz CT molecular complexity index is 780. The van der Waals surface area contributed by atoms with Crippen LogP contribution in [0.15, 0.2) is 54.4 Å². The Morgan fingerprint density at radius 2 is 1.75 bits per heavy atom. The van der Waals surface area contributed by atoms with E-state index in [0.717, 1.165) is 22.7 Å². The lowest BCUT2D eigenvalue weighted by atomic mass is 10.2. The minimum absolute atomic E-state index is 0.0653. The molecule has 0 fully saturated rings. The SMILES string of the molecule is COc1ccc(CN2/C(=C/C(C)=O)Oc3ccc(OC)cc32)cc1. The van der Waals surface area contributed by atoms with Crippen LogP contribution in [0.25, 0.3) is 0 Å². The van der Waals surface area contributed by atoms with E-state index in [0.29, 0.717) is 18.2 Å². The molecule has 0 N–H and O–H groups in total. The van der Waals surface area contributed by atoms with Gasteiger partial charge in [0.05, 0.1) is 26.5 Å². The molecule has 5 heteroatoms. The number of methoxy groups -OCH3 is 2. The molecular formula is C19H19NO4. The summed E-state index contributed by atoms with van der Waals surface area (Å²) in [4.78, 5) is 13.5. The number of nitrogens with zero attached hydrogens (tertiary/aromatic N) is 1. The van der Waals surface area contributed by atoms with Crippen LogP contribution in [-0.4, -0.2) is 20.0 Å². The maximum atomic E-state index is 11.5. The molecule has 0 atom stereocenters. The van der Waals surface area contributed by atoms with Gasteiger partial charge in [0.15, 0.2) is 11.5 Å². The highest BCUT2D eigenvalue weighted by molar-refractivity contribution is 5.89. The number of ketones is 1. The first-order chi connectivity index (χ1) is 11.6. The first-order valence-corrected chi connectivity index (χ1v) is 7.59. The van der Waals surface area contributed by atoms with Crippen LogP contribution in [0.4, 0.5) is 5.69 Å². The van der Waals surface area contributed by atoms with Gasteiger partial charge in [-0.2, -0.15) is 0 Å². The lowest BCUT2D eigenvalue weighted by molar-refractivity contribution is -0.112. The summed E-state index contributed by atoms with van der Waals surface area (Å²) in [5, 5.41) is 0. The number of allylic oxidation sites excluding steroid dienone is 1. The van der Waals surface area contributed by atoms with Crippen LogP contribution in [0.3, 0.4) is 0 Å². The third kappa shape index (κ3) is 3.20. The van der Waals surface area contributed by atoms with Crippen molar-refractivity contribution in [2.24, 2.45) is 0 Å². The van der Waals surface area contributed by atoms with Crippen molar-refractivity contribution in [3.05, 3.63) is 60.0 Å². The van der Waals surface area contributed by atoms with Crippen molar-refractivity contribution in [2.45, 2.75) is 13.5 Å². The summed E-state index contributed by atoms with van der Waals surface area (Å²) in [5.41, 5.74) is 1.95. The standard InChI is InChI=1S/C19H19NO4/c1-13(21)10-19-20(12-14-4-6-15(22-2)7-5-14)17-11-16(23-3)8-9-18(17)24-19/h4-11H,12H2,1-3H3/b19-10-. The van der Waals surface area contributed by atoms with Crippen LogP contribution in [0.2, 0.25) is 0 Å². The minimum atomic E-state index is -0.0653. The predicted octanol–water partition coefficient (Wildman–Crippen LogP) is 3.53. The molecule has 1 heterocycles. The van der Waals surface area contributed by atoms with E-state index in [1.54, 1.807) is 14.2 Å². The third-order valence-electron chi connectivity index (χ3n) is 3.76. The zero-order valence-corrected chi connectivity index (χ0v) is 13.9. The van der Waals surface area contributed by atoms with E-state index >= 15 is 0 Å². The van der Waals surface area contributed by atoms with Crippen molar-refractivity contribution in [1.82, 2.24) is 0 Å². The fourth-order valence-electron chi connectivity index (χ4n) is 2.57. The molecule has 124 valence electrons. The molecule has 1 aliphatic rings. The molecular weight excluding hydrogens is 306 g/mol. The molecule has 0 unspecified atom stereocenters. The number of carbonyl (C=O) groups excluding carboxylic acids is 1. The van der Waals surface area contributed by atoms with Crippen LogP contribution < -0.4 is 19.1 Å². The quantitative estimate of drug-likeness (QED) is 0.787. The monoisotopic (exact) mass is 325 g/mol. The van der Waals surface area contributed by atoms with E-state index in [2.05, 4.69) is 0 Å². The van der Waals surface area contributed by atoms with E-state index < -0.39 is 0 Å². The number of hydrogen-bond donors (Lipinski definition) is 0. The van der Waals surface area contributed by atoms with Gasteiger partial charge < -0.3 is 19.1 Å². The summed E-state index contributed by atoms with van der Waals surface area (Å²) < 4.78 is 16.3. The van der Waals surface area contributed by atoms with Crippen molar-refractivity contribution in [2.75, 3.05) is 19.1 Å². The number of rotatable bonds is 5. The number of anilines is 1. The summed E-state index contributed by atoms with van der Waals surface area (Å²) in [5.74, 6) is 2.70. The normalized spacial score (nSPS) is 14.3. The fraction of sp³-hybridized carbons (Fsp3) is 0.211. The summed E-state index contributed by atoms with van der Waals surface area (Å²) in [7, 11) is 3.26. The van der Waals surface area contributed by atoms with E-state index in [1.165, 1.54) is 13.0 Å². The van der Waals surface area contributed by atoms with E-state index in [9.17, 15) is 4.79 Å². The average Bonchev–Trinajstić information content (AvgIpc) is 2.91. The molecule has 0 aromatic heterocycles. The maximum absolute atomic E-state index is 11.5. The molecule has 0 aliphatic carbocycles. The van der Waals surface area contributed by atoms with Crippen LogP contribution in [0, 0.1) is 0 Å². The van der Waals surface area contributed by atoms with Crippen molar-refractivity contribution < 1.29 is 19.0 Å². The summed E-state index contributed by atoms with van der Waals surface area (Å²) in [6, 6.07) is 13.4. The highest BCUT2D eigenvalue weighted by atomic mass is 16.5. The Labute approximate surface area is 141 Å². The highest BCUT2D eigenvalue weighted by Gasteiger charge is 2.27. The first-order valence-electron chi connectivity index (χ1n) is 7.59. The molecule has 2 aromatic carbocycles. The topological polar surface area (TPSA) is 48.0 Å². The number of carbonyl (C=O) groups is 1. The molecule has 2 aromatic rings. The Morgan fingerprint density at radius 3 is 2.38 bits per heavy atom. The lowest BCUT2D eigenvalue weighted by Crippen LogP contribution is -2.20. The number of fused-ring (bicyclic) bond motifs is 1. The van der Waals surface area contributed by atoms with Crippen molar-refractivity contribution in [1.29, 1.82) is 0 Å². The van der Waals surface area contributed by atoms with Gasteiger partial charge in [-0.15, -0.1) is 0 Å². The highest BCUT2D eigenvalue weighted by Crippen LogP contribution is 2.42. The van der Waals surface area contributed by atoms with Gasteiger partial charge in [0, 0.05) is 12.1 Å². The maximum Gasteiger partial charge on any atom is 0.204 e. The molecule has 1 aliphatic heterocycles. The predicted molar refractivity (Wildman–Crippen MR) is 91.6 cm³/mol. The number of ether oxygens (including phenoxy) is 3. The Morgan fingerprint density at radius 1 is 1.08 bits per heavy atom. The molecule has 24 heavy (non-hydrogen) atoms. The second-order valence-corrected chi connectivity index (χ2v) is 5.46. The molecule has 0 saturated heterocycles. The minimum Gasteiger partial charge on any atom is -0.497 e. The van der Waals surface area contributed by atoms with Gasteiger partial charge in [-0.25, -0.2) is 0 Å². The van der Waals surface area contributed by atoms with Gasteiger partial charge in [0.25, 0.3) is 0 Å². The first kappa shape index (κ1) is 15.9. The molecule has 0 radical (unpaired) electrons. The smallest absolute Gasteiger partial charge is 0.204 e. The van der Waals surface area contributed by atoms with Crippen molar-refractivity contribution >= 4 is 11.5 Å². The Balaban J connectivity index is 1.96. The van der Waals surface area contributed by atoms with E-state index in [4.69, 9.17) is 14.2 Å². The second kappa shape index (κ2) is 6.66. The van der Waals surface area contributed by atoms with Gasteiger partial charge >= 0.3 is 0 Å². The lowest BCUT2D eigenvalue weighted by Gasteiger charge is -2.18. The van der Waals surface area contributed by atoms with Gasteiger partial charge in [-0.05, 0) is 36.8 Å².